The standard InChI is InChI=1S/C26H25N3O2/c1-17-10-11-21(16-18(17)2)27-19(3)24-25(20-8-6-5-7-9-20)28-29(26(24)30)22-12-14-23(31-4)15-13-22/h5-16,28H,1-4H3. The smallest absolute Gasteiger partial charge is 0.280 e. The molecule has 0 aliphatic carbocycles. The lowest BCUT2D eigenvalue weighted by Gasteiger charge is -2.05. The van der Waals surface area contributed by atoms with Crippen LogP contribution in [-0.4, -0.2) is 22.6 Å². The molecule has 4 aromatic rings. The molecule has 1 aromatic heterocycles. The quantitative estimate of drug-likeness (QED) is 0.435. The molecule has 0 aliphatic heterocycles. The maximum absolute atomic E-state index is 13.5. The number of aromatic amines is 1. The number of methoxy groups -OCH3 is 1. The zero-order chi connectivity index (χ0) is 22.0. The predicted octanol–water partition coefficient (Wildman–Crippen LogP) is 5.60. The average Bonchev–Trinajstić information content (AvgIpc) is 3.14. The molecule has 156 valence electrons. The normalized spacial score (nSPS) is 11.5. The SMILES string of the molecule is COc1ccc(-n2[nH]c(-c3ccccc3)c(C(C)=Nc3ccc(C)c(C)c3)c2=O)cc1. The van der Waals surface area contributed by atoms with Crippen LogP contribution in [0.1, 0.15) is 23.6 Å². The topological polar surface area (TPSA) is 59.4 Å². The Balaban J connectivity index is 1.88. The number of hydrogen-bond acceptors (Lipinski definition) is 3. The van der Waals surface area contributed by atoms with Crippen LogP contribution in [0, 0.1) is 13.8 Å². The second-order valence-corrected chi connectivity index (χ2v) is 7.53. The highest BCUT2D eigenvalue weighted by Gasteiger charge is 2.19. The van der Waals surface area contributed by atoms with Crippen LogP contribution in [0.15, 0.2) is 82.6 Å². The van der Waals surface area contributed by atoms with Gasteiger partial charge < -0.3 is 4.74 Å². The van der Waals surface area contributed by atoms with Crippen molar-refractivity contribution in [3.8, 4) is 22.7 Å². The highest BCUT2D eigenvalue weighted by atomic mass is 16.5. The average molecular weight is 412 g/mol. The van der Waals surface area contributed by atoms with E-state index in [4.69, 9.17) is 9.73 Å². The minimum Gasteiger partial charge on any atom is -0.497 e. The van der Waals surface area contributed by atoms with Crippen LogP contribution in [0.25, 0.3) is 16.9 Å². The molecule has 1 heterocycles. The predicted molar refractivity (Wildman–Crippen MR) is 126 cm³/mol. The third kappa shape index (κ3) is 4.08. The van der Waals surface area contributed by atoms with Crippen LogP contribution in [0.5, 0.6) is 5.75 Å². The van der Waals surface area contributed by atoms with Gasteiger partial charge in [-0.3, -0.25) is 14.9 Å². The molecular formula is C26H25N3O2. The van der Waals surface area contributed by atoms with Crippen molar-refractivity contribution in [1.29, 1.82) is 0 Å². The first-order chi connectivity index (χ1) is 15.0. The van der Waals surface area contributed by atoms with Crippen molar-refractivity contribution >= 4 is 11.4 Å². The maximum atomic E-state index is 13.5. The van der Waals surface area contributed by atoms with Gasteiger partial charge in [0.2, 0.25) is 0 Å². The fraction of sp³-hybridized carbons (Fsp3) is 0.154. The maximum Gasteiger partial charge on any atom is 0.280 e. The Bertz CT molecular complexity index is 1300. The van der Waals surface area contributed by atoms with E-state index in [1.807, 2.05) is 79.7 Å². The molecule has 0 amide bonds. The molecule has 0 unspecified atom stereocenters. The molecule has 0 radical (unpaired) electrons. The zero-order valence-corrected chi connectivity index (χ0v) is 18.1. The molecule has 0 bridgehead atoms. The Kier molecular flexibility index (Phi) is 5.58. The van der Waals surface area contributed by atoms with Crippen LogP contribution >= 0.6 is 0 Å². The summed E-state index contributed by atoms with van der Waals surface area (Å²) in [7, 11) is 1.62. The molecule has 0 saturated heterocycles. The van der Waals surface area contributed by atoms with Crippen LogP contribution < -0.4 is 10.3 Å². The number of rotatable bonds is 5. The van der Waals surface area contributed by atoms with E-state index in [-0.39, 0.29) is 5.56 Å². The highest BCUT2D eigenvalue weighted by Crippen LogP contribution is 2.24. The summed E-state index contributed by atoms with van der Waals surface area (Å²) in [5.41, 5.74) is 6.68. The van der Waals surface area contributed by atoms with E-state index in [9.17, 15) is 4.79 Å². The third-order valence-electron chi connectivity index (χ3n) is 5.43. The van der Waals surface area contributed by atoms with Crippen molar-refractivity contribution < 1.29 is 4.74 Å². The van der Waals surface area contributed by atoms with Gasteiger partial charge in [-0.05, 0) is 68.3 Å². The van der Waals surface area contributed by atoms with Crippen LogP contribution in [-0.2, 0) is 0 Å². The number of aliphatic imine (C=N–C) groups is 1. The lowest BCUT2D eigenvalue weighted by atomic mass is 10.0. The van der Waals surface area contributed by atoms with Gasteiger partial charge in [0.1, 0.15) is 5.75 Å². The van der Waals surface area contributed by atoms with Gasteiger partial charge in [0.05, 0.1) is 35.5 Å². The summed E-state index contributed by atoms with van der Waals surface area (Å²) in [6, 6.07) is 23.3. The fourth-order valence-electron chi connectivity index (χ4n) is 3.54. The molecule has 0 saturated carbocycles. The summed E-state index contributed by atoms with van der Waals surface area (Å²) in [5.74, 6) is 0.736. The second-order valence-electron chi connectivity index (χ2n) is 7.53. The van der Waals surface area contributed by atoms with E-state index < -0.39 is 0 Å². The van der Waals surface area contributed by atoms with Gasteiger partial charge in [-0.2, -0.15) is 0 Å². The minimum absolute atomic E-state index is 0.144. The Labute approximate surface area is 181 Å². The van der Waals surface area contributed by atoms with Crippen molar-refractivity contribution in [2.45, 2.75) is 20.8 Å². The second kappa shape index (κ2) is 8.48. The molecule has 0 atom stereocenters. The highest BCUT2D eigenvalue weighted by molar-refractivity contribution is 6.04. The van der Waals surface area contributed by atoms with Crippen molar-refractivity contribution in [2.75, 3.05) is 7.11 Å². The number of nitrogens with one attached hydrogen (secondary N) is 1. The lowest BCUT2D eigenvalue weighted by Crippen LogP contribution is -2.19. The zero-order valence-electron chi connectivity index (χ0n) is 18.1. The molecule has 4 rings (SSSR count). The molecule has 0 spiro atoms. The number of nitrogens with zero attached hydrogens (tertiary/aromatic N) is 2. The van der Waals surface area contributed by atoms with Crippen molar-refractivity contribution in [2.24, 2.45) is 4.99 Å². The molecule has 5 nitrogen and oxygen atoms in total. The number of H-pyrrole nitrogens is 1. The van der Waals surface area contributed by atoms with Gasteiger partial charge in [0.15, 0.2) is 0 Å². The summed E-state index contributed by atoms with van der Waals surface area (Å²) in [5, 5.41) is 3.29. The van der Waals surface area contributed by atoms with Crippen LogP contribution in [0.3, 0.4) is 0 Å². The third-order valence-corrected chi connectivity index (χ3v) is 5.43. The molecular weight excluding hydrogens is 386 g/mol. The monoisotopic (exact) mass is 411 g/mol. The summed E-state index contributed by atoms with van der Waals surface area (Å²) in [6.45, 7) is 6.01. The first kappa shape index (κ1) is 20.4. The van der Waals surface area contributed by atoms with Gasteiger partial charge in [-0.15, -0.1) is 0 Å². The van der Waals surface area contributed by atoms with Gasteiger partial charge in [-0.1, -0.05) is 36.4 Å². The first-order valence-electron chi connectivity index (χ1n) is 10.2. The van der Waals surface area contributed by atoms with Gasteiger partial charge in [0, 0.05) is 5.56 Å². The minimum atomic E-state index is -0.144. The van der Waals surface area contributed by atoms with Crippen molar-refractivity contribution in [3.63, 3.8) is 0 Å². The summed E-state index contributed by atoms with van der Waals surface area (Å²) < 4.78 is 6.79. The van der Waals surface area contributed by atoms with E-state index in [0.29, 0.717) is 11.3 Å². The fourth-order valence-corrected chi connectivity index (χ4v) is 3.54. The number of ether oxygens (including phenoxy) is 1. The summed E-state index contributed by atoms with van der Waals surface area (Å²) in [6.07, 6.45) is 0. The Morgan fingerprint density at radius 2 is 1.65 bits per heavy atom. The van der Waals surface area contributed by atoms with E-state index >= 15 is 0 Å². The Morgan fingerprint density at radius 3 is 2.29 bits per heavy atom. The largest absolute Gasteiger partial charge is 0.497 e. The van der Waals surface area contributed by atoms with E-state index in [1.165, 1.54) is 11.1 Å². The Morgan fingerprint density at radius 1 is 0.935 bits per heavy atom. The van der Waals surface area contributed by atoms with Gasteiger partial charge in [0.25, 0.3) is 5.56 Å². The van der Waals surface area contributed by atoms with Gasteiger partial charge in [-0.25, -0.2) is 4.68 Å². The number of aromatic nitrogens is 2. The summed E-state index contributed by atoms with van der Waals surface area (Å²) >= 11 is 0. The van der Waals surface area contributed by atoms with E-state index in [2.05, 4.69) is 18.9 Å². The number of aryl methyl sites for hydroxylation is 2. The first-order valence-corrected chi connectivity index (χ1v) is 10.2. The molecule has 1 N–H and O–H groups in total. The van der Waals surface area contributed by atoms with Crippen LogP contribution in [0.4, 0.5) is 5.69 Å². The summed E-state index contributed by atoms with van der Waals surface area (Å²) in [4.78, 5) is 18.3. The van der Waals surface area contributed by atoms with E-state index in [1.54, 1.807) is 11.8 Å². The van der Waals surface area contributed by atoms with Crippen molar-refractivity contribution in [1.82, 2.24) is 9.78 Å². The number of benzene rings is 3. The van der Waals surface area contributed by atoms with Crippen molar-refractivity contribution in [3.05, 3.63) is 99.8 Å². The molecule has 0 fully saturated rings. The molecule has 0 aliphatic rings. The van der Waals surface area contributed by atoms with Gasteiger partial charge >= 0.3 is 0 Å². The Hall–Kier alpha value is -3.86. The molecule has 3 aromatic carbocycles. The molecule has 5 heteroatoms. The lowest BCUT2D eigenvalue weighted by molar-refractivity contribution is 0.414. The van der Waals surface area contributed by atoms with E-state index in [0.717, 1.165) is 28.4 Å². The van der Waals surface area contributed by atoms with Crippen LogP contribution in [0.2, 0.25) is 0 Å². The molecule has 31 heavy (non-hydrogen) atoms. The number of hydrogen-bond donors (Lipinski definition) is 1.